The molecule has 0 fully saturated rings. The Morgan fingerprint density at radius 3 is 1.58 bits per heavy atom. The maximum absolute atomic E-state index is 12.1. The van der Waals surface area contributed by atoms with Gasteiger partial charge in [-0.05, 0) is 0 Å². The van der Waals surface area contributed by atoms with E-state index in [1.165, 1.54) is 11.0 Å². The van der Waals surface area contributed by atoms with Gasteiger partial charge in [0.1, 0.15) is 0 Å². The third-order valence-electron chi connectivity index (χ3n) is 1.30. The number of amides is 2. The number of carbonyl (C=O) groups excluding carboxylic acids is 2. The quantitative estimate of drug-likeness (QED) is 0.305. The van der Waals surface area contributed by atoms with Crippen LogP contribution < -0.4 is 11.0 Å². The van der Waals surface area contributed by atoms with Crippen LogP contribution in [0, 0.1) is 0 Å². The van der Waals surface area contributed by atoms with Gasteiger partial charge in [0.05, 0.1) is 0 Å². The first-order chi connectivity index (χ1) is 8.33. The minimum absolute atomic E-state index is 0.888. The van der Waals surface area contributed by atoms with Crippen molar-refractivity contribution >= 4 is 50.2 Å². The zero-order chi connectivity index (χ0) is 15.5. The summed E-state index contributed by atoms with van der Waals surface area (Å²) in [4.78, 5) is 39.1. The molecule has 0 rings (SSSR count). The van der Waals surface area contributed by atoms with Crippen molar-refractivity contribution in [2.75, 3.05) is 0 Å². The maximum atomic E-state index is 12.1. The summed E-state index contributed by atoms with van der Waals surface area (Å²) in [5.74, 6) is -1.78. The maximum Gasteiger partial charge on any atom is 0.421 e. The molecule has 0 spiro atoms. The van der Waals surface area contributed by atoms with Crippen molar-refractivity contribution in [1.29, 1.82) is 0 Å². The molecule has 0 unspecified atom stereocenters. The largest absolute Gasteiger partial charge is 0.421 e. The highest BCUT2D eigenvalue weighted by Gasteiger charge is 2.63. The van der Waals surface area contributed by atoms with E-state index in [2.05, 4.69) is 9.25 Å². The van der Waals surface area contributed by atoms with Crippen LogP contribution in [0.4, 0.5) is 0 Å². The first kappa shape index (κ1) is 18.8. The molecule has 19 heavy (non-hydrogen) atoms. The average Bonchev–Trinajstić information content (AvgIpc) is 2.21. The normalized spacial score (nSPS) is 12.9. The van der Waals surface area contributed by atoms with Crippen molar-refractivity contribution in [3.8, 4) is 0 Å². The summed E-state index contributed by atoms with van der Waals surface area (Å²) in [7, 11) is -10.4. The second-order valence-corrected chi connectivity index (χ2v) is 9.57. The van der Waals surface area contributed by atoms with E-state index < -0.39 is 30.8 Å². The number of rotatable bonds is 6. The lowest BCUT2D eigenvalue weighted by Gasteiger charge is -2.27. The van der Waals surface area contributed by atoms with Gasteiger partial charge < -0.3 is 9.79 Å². The fourth-order valence-corrected chi connectivity index (χ4v) is 3.23. The smallest absolute Gasteiger partial charge is 0.322 e. The first-order valence-electron chi connectivity index (χ1n) is 4.27. The summed E-state index contributed by atoms with van der Waals surface area (Å²) in [6.07, 6.45) is 0. The summed E-state index contributed by atoms with van der Waals surface area (Å²) in [5, 5.41) is 0. The molecule has 0 aliphatic rings. The fraction of sp³-hybridized carbons (Fsp3) is 0.600. The number of nitrogens with one attached hydrogen (secondary N) is 2. The monoisotopic (exact) mass is 358 g/mol. The third-order valence-corrected chi connectivity index (χ3v) is 7.40. The Morgan fingerprint density at radius 2 is 1.37 bits per heavy atom. The Bertz CT molecular complexity index is 440. The molecule has 0 atom stereocenters. The van der Waals surface area contributed by atoms with E-state index in [1.54, 1.807) is 0 Å². The van der Waals surface area contributed by atoms with Crippen LogP contribution in [0.3, 0.4) is 0 Å². The van der Waals surface area contributed by atoms with Crippen molar-refractivity contribution in [3.05, 3.63) is 0 Å². The predicted molar refractivity (Wildman–Crippen MR) is 63.9 cm³/mol. The molecule has 0 saturated heterocycles. The number of hydrogen-bond donors (Lipinski definition) is 4. The summed E-state index contributed by atoms with van der Waals surface area (Å²) >= 11 is 10.5. The van der Waals surface area contributed by atoms with Gasteiger partial charge in [-0.2, -0.15) is 9.25 Å². The molecule has 14 heteroatoms. The lowest BCUT2D eigenvalue weighted by Crippen LogP contribution is -2.30. The predicted octanol–water partition coefficient (Wildman–Crippen LogP) is 0.581. The molecule has 0 radical (unpaired) electrons. The van der Waals surface area contributed by atoms with Crippen molar-refractivity contribution in [2.24, 2.45) is 0 Å². The van der Waals surface area contributed by atoms with Crippen LogP contribution in [0.2, 0.25) is 0 Å². The molecule has 0 heterocycles. The van der Waals surface area contributed by atoms with Crippen molar-refractivity contribution in [2.45, 2.75) is 17.7 Å². The molecular weight excluding hydrogens is 349 g/mol. The zero-order valence-electron chi connectivity index (χ0n) is 9.49. The Kier molecular flexibility index (Phi) is 6.45. The fourth-order valence-electron chi connectivity index (χ4n) is 0.537. The SMILES string of the molecule is CC(=O)NOP(=O)(ONC(C)=O)C(Cl)(Cl)P(=O)(O)O. The van der Waals surface area contributed by atoms with E-state index in [0.717, 1.165) is 13.8 Å². The van der Waals surface area contributed by atoms with Crippen molar-refractivity contribution in [3.63, 3.8) is 0 Å². The van der Waals surface area contributed by atoms with Crippen LogP contribution in [0.15, 0.2) is 0 Å². The third kappa shape index (κ3) is 5.02. The first-order valence-corrected chi connectivity index (χ1v) is 8.18. The van der Waals surface area contributed by atoms with Gasteiger partial charge >= 0.3 is 19.0 Å². The molecule has 0 bridgehead atoms. The molecule has 112 valence electrons. The van der Waals surface area contributed by atoms with Crippen molar-refractivity contribution < 1.29 is 37.8 Å². The average molecular weight is 359 g/mol. The number of carbonyl (C=O) groups is 2. The van der Waals surface area contributed by atoms with Gasteiger partial charge in [-0.1, -0.05) is 23.2 Å². The van der Waals surface area contributed by atoms with Crippen LogP contribution >= 0.6 is 38.4 Å². The van der Waals surface area contributed by atoms with Gasteiger partial charge in [-0.25, -0.2) is 11.0 Å². The second-order valence-electron chi connectivity index (χ2n) is 3.05. The standard InChI is InChI=1S/C5H10Cl2N2O8P2/c1-3(10)8-16-19(15,17-9-4(2)11)5(6,7)18(12,13)14/h1-2H3,(H,8,10)(H,9,11)(H2,12,13,14). The lowest BCUT2D eigenvalue weighted by molar-refractivity contribution is -0.128. The van der Waals surface area contributed by atoms with E-state index in [9.17, 15) is 18.7 Å². The summed E-state index contributed by atoms with van der Waals surface area (Å²) < 4.78 is 28.2. The molecule has 0 saturated carbocycles. The molecule has 4 N–H and O–H groups in total. The highest BCUT2D eigenvalue weighted by Crippen LogP contribution is 2.77. The lowest BCUT2D eigenvalue weighted by atomic mass is 10.8. The number of hydrogen-bond acceptors (Lipinski definition) is 6. The Balaban J connectivity index is 5.37. The van der Waals surface area contributed by atoms with Gasteiger partial charge in [-0.15, -0.1) is 0 Å². The van der Waals surface area contributed by atoms with Gasteiger partial charge in [0.25, 0.3) is 0 Å². The number of halogens is 2. The van der Waals surface area contributed by atoms with E-state index in [0.29, 0.717) is 0 Å². The Morgan fingerprint density at radius 1 is 1.05 bits per heavy atom. The summed E-state index contributed by atoms with van der Waals surface area (Å²) in [5.41, 5.74) is 2.99. The van der Waals surface area contributed by atoms with Crippen LogP contribution in [0.25, 0.3) is 0 Å². The van der Waals surface area contributed by atoms with E-state index >= 15 is 0 Å². The van der Waals surface area contributed by atoms with Crippen molar-refractivity contribution in [1.82, 2.24) is 11.0 Å². The van der Waals surface area contributed by atoms with Gasteiger partial charge in [0.2, 0.25) is 11.8 Å². The van der Waals surface area contributed by atoms with Crippen LogP contribution in [0.5, 0.6) is 0 Å². The zero-order valence-corrected chi connectivity index (χ0v) is 12.8. The topological polar surface area (TPSA) is 151 Å². The minimum Gasteiger partial charge on any atom is -0.322 e. The van der Waals surface area contributed by atoms with E-state index in [-0.39, 0.29) is 0 Å². The van der Waals surface area contributed by atoms with Gasteiger partial charge in [0, 0.05) is 13.8 Å². The second kappa shape index (κ2) is 6.51. The highest BCUT2D eigenvalue weighted by molar-refractivity contribution is 7.79. The van der Waals surface area contributed by atoms with Gasteiger partial charge in [0.15, 0.2) is 0 Å². The Labute approximate surface area is 117 Å². The summed E-state index contributed by atoms with van der Waals surface area (Å²) in [6, 6.07) is 0. The Hall–Kier alpha value is -0.180. The van der Waals surface area contributed by atoms with E-state index in [4.69, 9.17) is 33.0 Å². The van der Waals surface area contributed by atoms with Crippen LogP contribution in [0.1, 0.15) is 13.8 Å². The summed E-state index contributed by atoms with van der Waals surface area (Å²) in [6.45, 7) is 1.87. The number of hydroxylamine groups is 2. The molecule has 0 aliphatic heterocycles. The molecule has 10 nitrogen and oxygen atoms in total. The molecule has 0 aromatic rings. The molecular formula is C5H10Cl2N2O8P2. The number of alkyl halides is 2. The van der Waals surface area contributed by atoms with Crippen LogP contribution in [-0.4, -0.2) is 25.4 Å². The molecule has 0 aromatic carbocycles. The minimum atomic E-state index is -5.39. The molecule has 0 aliphatic carbocycles. The molecule has 2 amide bonds. The highest BCUT2D eigenvalue weighted by atomic mass is 35.5. The van der Waals surface area contributed by atoms with Gasteiger partial charge in [-0.3, -0.25) is 18.7 Å². The van der Waals surface area contributed by atoms with E-state index in [1.807, 2.05) is 0 Å². The van der Waals surface area contributed by atoms with Crippen LogP contribution in [-0.2, 0) is 28.0 Å². The molecule has 0 aromatic heterocycles.